The van der Waals surface area contributed by atoms with Gasteiger partial charge in [-0.05, 0) is 78.7 Å². The lowest BCUT2D eigenvalue weighted by Gasteiger charge is -2.65. The largest absolute Gasteiger partial charge is 0.310 e. The summed E-state index contributed by atoms with van der Waals surface area (Å²) in [6, 6.07) is 8.01. The Morgan fingerprint density at radius 2 is 1.88 bits per heavy atom. The Kier molecular flexibility index (Phi) is 5.31. The second-order valence-corrected chi connectivity index (χ2v) is 13.0. The van der Waals surface area contributed by atoms with Crippen molar-refractivity contribution in [2.45, 2.75) is 78.3 Å². The van der Waals surface area contributed by atoms with Crippen LogP contribution < -0.4 is 5.32 Å². The summed E-state index contributed by atoms with van der Waals surface area (Å²) in [5.74, 6) is 1.65. The molecule has 0 saturated heterocycles. The Hall–Kier alpha value is -1.98. The molecule has 1 amide bonds. The Labute approximate surface area is 207 Å². The quantitative estimate of drug-likeness (QED) is 0.571. The number of carbonyl (C=O) groups is 1. The number of amides is 1. The molecule has 2 unspecified atom stereocenters. The molecular formula is C28H35ClN4O. The monoisotopic (exact) mass is 478 g/mol. The first kappa shape index (κ1) is 22.5. The van der Waals surface area contributed by atoms with Gasteiger partial charge in [0.1, 0.15) is 12.1 Å². The zero-order valence-corrected chi connectivity index (χ0v) is 21.1. The predicted octanol–water partition coefficient (Wildman–Crippen LogP) is 6.01. The summed E-state index contributed by atoms with van der Waals surface area (Å²) in [6.45, 7) is 7.38. The fourth-order valence-corrected chi connectivity index (χ4v) is 9.11. The average molecular weight is 479 g/mol. The van der Waals surface area contributed by atoms with Crippen LogP contribution in [0.4, 0.5) is 5.82 Å². The molecule has 4 fully saturated rings. The molecule has 1 N–H and O–H groups in total. The Morgan fingerprint density at radius 1 is 1.12 bits per heavy atom. The lowest BCUT2D eigenvalue weighted by Crippen LogP contribution is -2.55. The summed E-state index contributed by atoms with van der Waals surface area (Å²) in [5, 5.41) is 4.02. The highest BCUT2D eigenvalue weighted by Gasteiger charge is 2.60. The van der Waals surface area contributed by atoms with Crippen molar-refractivity contribution in [3.05, 3.63) is 52.4 Å². The van der Waals surface area contributed by atoms with Crippen LogP contribution in [0, 0.1) is 22.2 Å². The first-order valence-electron chi connectivity index (χ1n) is 12.8. The van der Waals surface area contributed by atoms with E-state index in [9.17, 15) is 4.79 Å². The van der Waals surface area contributed by atoms with Gasteiger partial charge in [0, 0.05) is 36.6 Å². The summed E-state index contributed by atoms with van der Waals surface area (Å²) in [4.78, 5) is 24.8. The minimum atomic E-state index is 0.133. The molecule has 1 aromatic heterocycles. The second-order valence-electron chi connectivity index (χ2n) is 12.6. The zero-order chi connectivity index (χ0) is 23.6. The molecule has 180 valence electrons. The van der Waals surface area contributed by atoms with Crippen LogP contribution in [0.5, 0.6) is 0 Å². The van der Waals surface area contributed by atoms with Crippen molar-refractivity contribution in [3.63, 3.8) is 0 Å². The SMILES string of the molecule is CC12CC3CC(C)(C1)CC(CC(=O)Nc1ncnc4c1CCN(Cc1ccccc1Cl)C4)(C3)C2. The topological polar surface area (TPSA) is 58.1 Å². The fraction of sp³-hybridized carbons (Fsp3) is 0.607. The van der Waals surface area contributed by atoms with E-state index >= 15 is 0 Å². The number of hydrogen-bond acceptors (Lipinski definition) is 4. The molecule has 1 aliphatic heterocycles. The molecule has 4 bridgehead atoms. The number of halogens is 1. The first-order chi connectivity index (χ1) is 16.2. The van der Waals surface area contributed by atoms with E-state index in [0.29, 0.717) is 17.3 Å². The maximum Gasteiger partial charge on any atom is 0.226 e. The van der Waals surface area contributed by atoms with Crippen LogP contribution in [-0.2, 0) is 24.3 Å². The van der Waals surface area contributed by atoms with Gasteiger partial charge in [-0.1, -0.05) is 43.6 Å². The van der Waals surface area contributed by atoms with E-state index in [0.717, 1.165) is 59.6 Å². The smallest absolute Gasteiger partial charge is 0.226 e. The molecular weight excluding hydrogens is 444 g/mol. The third-order valence-corrected chi connectivity index (χ3v) is 9.34. The Morgan fingerprint density at radius 3 is 2.62 bits per heavy atom. The minimum absolute atomic E-state index is 0.133. The van der Waals surface area contributed by atoms with Crippen molar-refractivity contribution in [1.82, 2.24) is 14.9 Å². The number of benzene rings is 1. The highest BCUT2D eigenvalue weighted by Crippen LogP contribution is 2.70. The molecule has 2 aromatic rings. The molecule has 4 aliphatic carbocycles. The molecule has 5 aliphatic rings. The van der Waals surface area contributed by atoms with Gasteiger partial charge in [0.2, 0.25) is 5.91 Å². The predicted molar refractivity (Wildman–Crippen MR) is 134 cm³/mol. The standard InChI is InChI=1S/C28H35ClN4O/c1-26-9-19-10-27(2,15-26)17-28(11-19,16-26)12-24(34)32-25-21-7-8-33(14-23(21)30-18-31-25)13-20-5-3-4-6-22(20)29/h3-6,18-19H,7-17H2,1-2H3,(H,30,31,32,34). The second kappa shape index (κ2) is 8.03. The van der Waals surface area contributed by atoms with E-state index in [-0.39, 0.29) is 11.3 Å². The van der Waals surface area contributed by atoms with Gasteiger partial charge in [-0.3, -0.25) is 9.69 Å². The van der Waals surface area contributed by atoms with Gasteiger partial charge < -0.3 is 5.32 Å². The van der Waals surface area contributed by atoms with Gasteiger partial charge in [0.05, 0.1) is 5.69 Å². The van der Waals surface area contributed by atoms with Gasteiger partial charge in [-0.2, -0.15) is 0 Å². The maximum atomic E-state index is 13.3. The van der Waals surface area contributed by atoms with Crippen molar-refractivity contribution in [2.75, 3.05) is 11.9 Å². The van der Waals surface area contributed by atoms with Crippen molar-refractivity contribution in [3.8, 4) is 0 Å². The number of nitrogens with one attached hydrogen (secondary N) is 1. The van der Waals surface area contributed by atoms with E-state index in [1.165, 1.54) is 38.5 Å². The molecule has 2 atom stereocenters. The highest BCUT2D eigenvalue weighted by atomic mass is 35.5. The van der Waals surface area contributed by atoms with Crippen LogP contribution >= 0.6 is 11.6 Å². The van der Waals surface area contributed by atoms with Crippen LogP contribution in [0.15, 0.2) is 30.6 Å². The fourth-order valence-electron chi connectivity index (χ4n) is 8.92. The molecule has 6 heteroatoms. The minimum Gasteiger partial charge on any atom is -0.310 e. The molecule has 0 radical (unpaired) electrons. The lowest BCUT2D eigenvalue weighted by molar-refractivity contribution is -0.153. The van der Waals surface area contributed by atoms with Crippen LogP contribution in [0.25, 0.3) is 0 Å². The molecule has 2 heterocycles. The van der Waals surface area contributed by atoms with Gasteiger partial charge in [0.25, 0.3) is 0 Å². The van der Waals surface area contributed by atoms with E-state index in [2.05, 4.69) is 40.1 Å². The zero-order valence-electron chi connectivity index (χ0n) is 20.4. The number of nitrogens with zero attached hydrogens (tertiary/aromatic N) is 3. The summed E-state index contributed by atoms with van der Waals surface area (Å²) >= 11 is 6.37. The van der Waals surface area contributed by atoms with Crippen LogP contribution in [0.3, 0.4) is 0 Å². The molecule has 7 rings (SSSR count). The van der Waals surface area contributed by atoms with Gasteiger partial charge in [0.15, 0.2) is 0 Å². The maximum absolute atomic E-state index is 13.3. The van der Waals surface area contributed by atoms with Gasteiger partial charge in [-0.25, -0.2) is 9.97 Å². The lowest BCUT2D eigenvalue weighted by atomic mass is 9.40. The van der Waals surface area contributed by atoms with Gasteiger partial charge >= 0.3 is 0 Å². The highest BCUT2D eigenvalue weighted by molar-refractivity contribution is 6.31. The van der Waals surface area contributed by atoms with Gasteiger partial charge in [-0.15, -0.1) is 0 Å². The molecule has 34 heavy (non-hydrogen) atoms. The summed E-state index contributed by atoms with van der Waals surface area (Å²) < 4.78 is 0. The number of rotatable bonds is 5. The number of anilines is 1. The summed E-state index contributed by atoms with van der Waals surface area (Å²) in [7, 11) is 0. The van der Waals surface area contributed by atoms with E-state index in [4.69, 9.17) is 11.6 Å². The van der Waals surface area contributed by atoms with Crippen molar-refractivity contribution in [2.24, 2.45) is 22.2 Å². The molecule has 5 nitrogen and oxygen atoms in total. The Bertz CT molecular complexity index is 1120. The van der Waals surface area contributed by atoms with E-state index in [1.807, 2.05) is 18.2 Å². The first-order valence-corrected chi connectivity index (χ1v) is 13.2. The number of fused-ring (bicyclic) bond motifs is 1. The molecule has 1 aromatic carbocycles. The number of aromatic nitrogens is 2. The third-order valence-electron chi connectivity index (χ3n) is 8.97. The van der Waals surface area contributed by atoms with Crippen molar-refractivity contribution < 1.29 is 4.79 Å². The van der Waals surface area contributed by atoms with Crippen LogP contribution in [0.2, 0.25) is 5.02 Å². The molecule has 0 spiro atoms. The number of hydrogen-bond donors (Lipinski definition) is 1. The summed E-state index contributed by atoms with van der Waals surface area (Å²) in [5.41, 5.74) is 4.26. The van der Waals surface area contributed by atoms with Crippen molar-refractivity contribution >= 4 is 23.3 Å². The van der Waals surface area contributed by atoms with E-state index in [1.54, 1.807) is 6.33 Å². The Balaban J connectivity index is 1.15. The van der Waals surface area contributed by atoms with Crippen molar-refractivity contribution in [1.29, 1.82) is 0 Å². The summed E-state index contributed by atoms with van der Waals surface area (Å²) in [6.07, 6.45) is 10.8. The number of carbonyl (C=O) groups excluding carboxylic acids is 1. The average Bonchev–Trinajstić information content (AvgIpc) is 2.72. The van der Waals surface area contributed by atoms with Crippen LogP contribution in [-0.4, -0.2) is 27.3 Å². The normalized spacial score (nSPS) is 34.1. The van der Waals surface area contributed by atoms with Crippen LogP contribution in [0.1, 0.15) is 75.6 Å². The van der Waals surface area contributed by atoms with E-state index < -0.39 is 0 Å². The molecule has 4 saturated carbocycles. The third kappa shape index (κ3) is 4.15.